The monoisotopic (exact) mass is 276 g/mol. The van der Waals surface area contributed by atoms with Gasteiger partial charge in [-0.25, -0.2) is 0 Å². The molecule has 0 saturated carbocycles. The number of rotatable bonds is 3. The molecule has 0 aromatic carbocycles. The standard InChI is InChI=1S/C11H16O8/c1-5(12)10(16)8(19-7(3)14)4-18-9(15)11(10,17)6(2)13/h8-9,15-17H,4H2,1-3H3/t8-,9?,10+,11+/m1/s1. The number of aliphatic hydroxyl groups excluding tert-OH is 1. The fraction of sp³-hybridized carbons (Fsp3) is 0.727. The minimum Gasteiger partial charge on any atom is -0.456 e. The molecule has 19 heavy (non-hydrogen) atoms. The van der Waals surface area contributed by atoms with Crippen molar-refractivity contribution in [3.05, 3.63) is 0 Å². The molecule has 1 unspecified atom stereocenters. The van der Waals surface area contributed by atoms with Crippen LogP contribution in [0.5, 0.6) is 0 Å². The van der Waals surface area contributed by atoms with E-state index in [1.54, 1.807) is 0 Å². The van der Waals surface area contributed by atoms with Gasteiger partial charge in [0.1, 0.15) is 0 Å². The molecule has 0 spiro atoms. The van der Waals surface area contributed by atoms with Crippen molar-refractivity contribution in [2.45, 2.75) is 44.4 Å². The van der Waals surface area contributed by atoms with E-state index in [4.69, 9.17) is 9.47 Å². The Labute approximate surface area is 108 Å². The van der Waals surface area contributed by atoms with Crippen molar-refractivity contribution >= 4 is 17.5 Å². The number of hydrogen-bond acceptors (Lipinski definition) is 8. The number of carbonyl (C=O) groups is 3. The topological polar surface area (TPSA) is 130 Å². The summed E-state index contributed by atoms with van der Waals surface area (Å²) >= 11 is 0. The molecule has 3 N–H and O–H groups in total. The predicted octanol–water partition coefficient (Wildman–Crippen LogP) is -2.09. The lowest BCUT2D eigenvalue weighted by atomic mass is 9.71. The zero-order valence-corrected chi connectivity index (χ0v) is 10.7. The molecule has 1 fully saturated rings. The minimum atomic E-state index is -2.91. The summed E-state index contributed by atoms with van der Waals surface area (Å²) in [5.41, 5.74) is -5.68. The molecule has 0 aromatic rings. The molecule has 0 aliphatic carbocycles. The lowest BCUT2D eigenvalue weighted by Crippen LogP contribution is -2.77. The van der Waals surface area contributed by atoms with Gasteiger partial charge in [-0.3, -0.25) is 14.4 Å². The van der Waals surface area contributed by atoms with Crippen LogP contribution in [0, 0.1) is 0 Å². The molecule has 108 valence electrons. The number of Topliss-reactive ketones (excluding diaryl/α,β-unsaturated/α-hetero) is 2. The number of hydrogen-bond donors (Lipinski definition) is 3. The second-order valence-electron chi connectivity index (χ2n) is 4.43. The van der Waals surface area contributed by atoms with Gasteiger partial charge in [0.25, 0.3) is 0 Å². The first-order chi connectivity index (χ1) is 8.58. The number of esters is 1. The molecule has 1 aliphatic heterocycles. The highest BCUT2D eigenvalue weighted by Crippen LogP contribution is 2.37. The van der Waals surface area contributed by atoms with Gasteiger partial charge in [-0.1, -0.05) is 0 Å². The zero-order chi connectivity index (χ0) is 15.0. The lowest BCUT2D eigenvalue weighted by molar-refractivity contribution is -0.316. The van der Waals surface area contributed by atoms with Crippen molar-refractivity contribution in [2.24, 2.45) is 0 Å². The molecular weight excluding hydrogens is 260 g/mol. The summed E-state index contributed by atoms with van der Waals surface area (Å²) in [6.07, 6.45) is -3.70. The summed E-state index contributed by atoms with van der Waals surface area (Å²) in [6.45, 7) is 2.27. The maximum atomic E-state index is 11.7. The average Bonchev–Trinajstić information content (AvgIpc) is 2.29. The number of ketones is 2. The first-order valence-electron chi connectivity index (χ1n) is 5.52. The molecule has 1 aliphatic rings. The second kappa shape index (κ2) is 4.97. The van der Waals surface area contributed by atoms with E-state index in [-0.39, 0.29) is 0 Å². The molecule has 0 bridgehead atoms. The van der Waals surface area contributed by atoms with Crippen molar-refractivity contribution in [1.82, 2.24) is 0 Å². The van der Waals surface area contributed by atoms with Gasteiger partial charge in [0.05, 0.1) is 6.61 Å². The SMILES string of the molecule is CC(=O)O[C@@H]1COC(O)[C@@](O)(C(C)=O)[C@]1(O)C(C)=O. The van der Waals surface area contributed by atoms with E-state index >= 15 is 0 Å². The van der Waals surface area contributed by atoms with Crippen molar-refractivity contribution in [1.29, 1.82) is 0 Å². The van der Waals surface area contributed by atoms with Crippen LogP contribution in [0.25, 0.3) is 0 Å². The summed E-state index contributed by atoms with van der Waals surface area (Å²) in [7, 11) is 0. The molecule has 0 amide bonds. The molecule has 4 atom stereocenters. The number of aliphatic hydroxyl groups is 3. The van der Waals surface area contributed by atoms with Gasteiger partial charge in [0, 0.05) is 6.92 Å². The van der Waals surface area contributed by atoms with Crippen molar-refractivity contribution in [3.8, 4) is 0 Å². The highest BCUT2D eigenvalue weighted by Gasteiger charge is 2.69. The first-order valence-corrected chi connectivity index (χ1v) is 5.52. The third-order valence-electron chi connectivity index (χ3n) is 3.19. The van der Waals surface area contributed by atoms with E-state index in [0.717, 1.165) is 20.8 Å². The lowest BCUT2D eigenvalue weighted by Gasteiger charge is -2.49. The van der Waals surface area contributed by atoms with E-state index in [9.17, 15) is 29.7 Å². The first kappa shape index (κ1) is 15.7. The average molecular weight is 276 g/mol. The molecule has 0 radical (unpaired) electrons. The Kier molecular flexibility index (Phi) is 4.11. The summed E-state index contributed by atoms with van der Waals surface area (Å²) in [5.74, 6) is -2.95. The zero-order valence-electron chi connectivity index (χ0n) is 10.7. The van der Waals surface area contributed by atoms with Gasteiger partial charge in [-0.15, -0.1) is 0 Å². The van der Waals surface area contributed by atoms with E-state index in [1.165, 1.54) is 0 Å². The fourth-order valence-corrected chi connectivity index (χ4v) is 2.11. The van der Waals surface area contributed by atoms with Gasteiger partial charge in [-0.05, 0) is 13.8 Å². The molecule has 0 aromatic heterocycles. The molecule has 8 heteroatoms. The molecule has 1 saturated heterocycles. The number of carbonyl (C=O) groups excluding carboxylic acids is 3. The summed E-state index contributed by atoms with van der Waals surface area (Å²) in [6, 6.07) is 0. The van der Waals surface area contributed by atoms with Crippen molar-refractivity contribution in [2.75, 3.05) is 6.61 Å². The van der Waals surface area contributed by atoms with Crippen LogP contribution in [-0.4, -0.2) is 63.1 Å². The molecule has 1 rings (SSSR count). The predicted molar refractivity (Wildman–Crippen MR) is 58.8 cm³/mol. The Morgan fingerprint density at radius 1 is 1.11 bits per heavy atom. The number of ether oxygens (including phenoxy) is 2. The van der Waals surface area contributed by atoms with Gasteiger partial charge < -0.3 is 24.8 Å². The Hall–Kier alpha value is -1.35. The van der Waals surface area contributed by atoms with E-state index < -0.39 is 47.7 Å². The minimum absolute atomic E-state index is 0.535. The fourth-order valence-electron chi connectivity index (χ4n) is 2.11. The largest absolute Gasteiger partial charge is 0.456 e. The van der Waals surface area contributed by atoms with Crippen LogP contribution in [-0.2, 0) is 23.9 Å². The highest BCUT2D eigenvalue weighted by molar-refractivity contribution is 5.98. The van der Waals surface area contributed by atoms with E-state index in [1.807, 2.05) is 0 Å². The van der Waals surface area contributed by atoms with Crippen molar-refractivity contribution < 1.29 is 39.2 Å². The maximum absolute atomic E-state index is 11.7. The van der Waals surface area contributed by atoms with Crippen LogP contribution in [0.2, 0.25) is 0 Å². The molecule has 1 heterocycles. The summed E-state index contributed by atoms with van der Waals surface area (Å²) in [4.78, 5) is 34.2. The smallest absolute Gasteiger partial charge is 0.303 e. The quantitative estimate of drug-likeness (QED) is 0.500. The van der Waals surface area contributed by atoms with Gasteiger partial charge in [0.15, 0.2) is 24.0 Å². The third-order valence-corrected chi connectivity index (χ3v) is 3.19. The highest BCUT2D eigenvalue weighted by atomic mass is 16.7. The van der Waals surface area contributed by atoms with E-state index in [2.05, 4.69) is 0 Å². The van der Waals surface area contributed by atoms with Crippen molar-refractivity contribution in [3.63, 3.8) is 0 Å². The van der Waals surface area contributed by atoms with Gasteiger partial charge in [0.2, 0.25) is 11.2 Å². The molecule has 8 nitrogen and oxygen atoms in total. The normalized spacial score (nSPS) is 38.6. The van der Waals surface area contributed by atoms with Crippen LogP contribution in [0.1, 0.15) is 20.8 Å². The van der Waals surface area contributed by atoms with Crippen LogP contribution in [0.15, 0.2) is 0 Å². The Balaban J connectivity index is 3.37. The van der Waals surface area contributed by atoms with Gasteiger partial charge in [-0.2, -0.15) is 0 Å². The summed E-state index contributed by atoms with van der Waals surface area (Å²) in [5, 5.41) is 30.2. The maximum Gasteiger partial charge on any atom is 0.303 e. The summed E-state index contributed by atoms with van der Waals surface area (Å²) < 4.78 is 9.41. The Morgan fingerprint density at radius 3 is 1.95 bits per heavy atom. The van der Waals surface area contributed by atoms with Crippen LogP contribution in [0.4, 0.5) is 0 Å². The van der Waals surface area contributed by atoms with Crippen LogP contribution < -0.4 is 0 Å². The molecular formula is C11H16O8. The Bertz CT molecular complexity index is 419. The van der Waals surface area contributed by atoms with E-state index in [0.29, 0.717) is 0 Å². The van der Waals surface area contributed by atoms with Crippen LogP contribution >= 0.6 is 0 Å². The second-order valence-corrected chi connectivity index (χ2v) is 4.43. The Morgan fingerprint density at radius 2 is 1.58 bits per heavy atom. The third kappa shape index (κ3) is 2.16. The van der Waals surface area contributed by atoms with Crippen LogP contribution in [0.3, 0.4) is 0 Å². The van der Waals surface area contributed by atoms with Gasteiger partial charge >= 0.3 is 5.97 Å².